The molecule has 1 aromatic carbocycles. The minimum absolute atomic E-state index is 0.250. The number of hydrogen-bond acceptors (Lipinski definition) is 5. The molecular weight excluding hydrogens is 290 g/mol. The van der Waals surface area contributed by atoms with E-state index in [1.54, 1.807) is 25.4 Å². The van der Waals surface area contributed by atoms with Crippen LogP contribution in [0.15, 0.2) is 29.4 Å². The molecule has 8 heteroatoms. The molecule has 2 N–H and O–H groups in total. The molecule has 0 amide bonds. The summed E-state index contributed by atoms with van der Waals surface area (Å²) in [5, 5.41) is 7.77. The molecule has 112 valence electrons. The van der Waals surface area contributed by atoms with Gasteiger partial charge < -0.3 is 10.3 Å². The number of hydrogen-bond donors (Lipinski definition) is 1. The van der Waals surface area contributed by atoms with Gasteiger partial charge in [-0.05, 0) is 24.1 Å². The Bertz CT molecular complexity index is 769. The minimum atomic E-state index is -3.53. The number of nitrogens with two attached hydrogens (primary N) is 1. The van der Waals surface area contributed by atoms with E-state index in [0.717, 1.165) is 5.56 Å². The summed E-state index contributed by atoms with van der Waals surface area (Å²) >= 11 is 0. The van der Waals surface area contributed by atoms with E-state index in [2.05, 4.69) is 10.2 Å². The molecule has 0 saturated carbocycles. The number of rotatable bonds is 3. The standard InChI is InChI=1S/C13H17N5O2S/c1-10-6-11(7-14)2-3-12(10)21(19,20)18-5-4-17-9-15-16-13(17)8-18/h2-3,6,9H,4-5,7-8,14H2,1H3. The molecule has 0 atom stereocenters. The van der Waals surface area contributed by atoms with Crippen LogP contribution in [0.3, 0.4) is 0 Å². The van der Waals surface area contributed by atoms with Gasteiger partial charge in [-0.15, -0.1) is 10.2 Å². The Hall–Kier alpha value is -1.77. The van der Waals surface area contributed by atoms with Crippen molar-refractivity contribution in [3.8, 4) is 0 Å². The molecule has 0 bridgehead atoms. The number of fused-ring (bicyclic) bond motifs is 1. The van der Waals surface area contributed by atoms with Crippen molar-refractivity contribution in [1.29, 1.82) is 0 Å². The summed E-state index contributed by atoms with van der Waals surface area (Å²) in [4.78, 5) is 0.327. The second kappa shape index (κ2) is 5.21. The summed E-state index contributed by atoms with van der Waals surface area (Å²) < 4.78 is 28.9. The van der Waals surface area contributed by atoms with Gasteiger partial charge in [-0.1, -0.05) is 12.1 Å². The minimum Gasteiger partial charge on any atom is -0.326 e. The second-order valence-corrected chi connectivity index (χ2v) is 6.99. The lowest BCUT2D eigenvalue weighted by molar-refractivity contribution is 0.335. The smallest absolute Gasteiger partial charge is 0.243 e. The first-order valence-corrected chi connectivity index (χ1v) is 8.13. The highest BCUT2D eigenvalue weighted by Crippen LogP contribution is 2.24. The summed E-state index contributed by atoms with van der Waals surface area (Å²) in [5.41, 5.74) is 7.22. The van der Waals surface area contributed by atoms with E-state index in [0.29, 0.717) is 35.9 Å². The fourth-order valence-electron chi connectivity index (χ4n) is 2.52. The molecule has 1 aromatic heterocycles. The van der Waals surface area contributed by atoms with Crippen LogP contribution in [0.5, 0.6) is 0 Å². The van der Waals surface area contributed by atoms with Crippen LogP contribution in [0, 0.1) is 6.92 Å². The zero-order chi connectivity index (χ0) is 15.0. The lowest BCUT2D eigenvalue weighted by atomic mass is 10.1. The maximum absolute atomic E-state index is 12.8. The third-order valence-corrected chi connectivity index (χ3v) is 5.70. The molecule has 0 fully saturated rings. The third-order valence-electron chi connectivity index (χ3n) is 3.70. The molecule has 1 aliphatic rings. The molecule has 2 aromatic rings. The summed E-state index contributed by atoms with van der Waals surface area (Å²) in [6.07, 6.45) is 1.63. The normalized spacial score (nSPS) is 15.9. The fraction of sp³-hybridized carbons (Fsp3) is 0.385. The van der Waals surface area contributed by atoms with Gasteiger partial charge in [0.1, 0.15) is 12.2 Å². The quantitative estimate of drug-likeness (QED) is 0.877. The van der Waals surface area contributed by atoms with Gasteiger partial charge in [0, 0.05) is 19.6 Å². The highest BCUT2D eigenvalue weighted by Gasteiger charge is 2.30. The van der Waals surface area contributed by atoms with Crippen molar-refractivity contribution in [3.05, 3.63) is 41.5 Å². The average molecular weight is 307 g/mol. The zero-order valence-corrected chi connectivity index (χ0v) is 12.5. The van der Waals surface area contributed by atoms with Crippen molar-refractivity contribution in [1.82, 2.24) is 19.1 Å². The molecule has 3 rings (SSSR count). The third kappa shape index (κ3) is 2.45. The van der Waals surface area contributed by atoms with Gasteiger partial charge in [-0.25, -0.2) is 8.42 Å². The number of aryl methyl sites for hydroxylation is 1. The molecule has 0 unspecified atom stereocenters. The van der Waals surface area contributed by atoms with E-state index >= 15 is 0 Å². The SMILES string of the molecule is Cc1cc(CN)ccc1S(=O)(=O)N1CCn2cnnc2C1. The van der Waals surface area contributed by atoms with E-state index in [4.69, 9.17) is 5.73 Å². The molecule has 0 aliphatic carbocycles. The van der Waals surface area contributed by atoms with Gasteiger partial charge in [-0.2, -0.15) is 4.31 Å². The van der Waals surface area contributed by atoms with Gasteiger partial charge in [0.15, 0.2) is 0 Å². The highest BCUT2D eigenvalue weighted by atomic mass is 32.2. The van der Waals surface area contributed by atoms with E-state index in [9.17, 15) is 8.42 Å². The topological polar surface area (TPSA) is 94.1 Å². The van der Waals surface area contributed by atoms with Crippen LogP contribution in [0.2, 0.25) is 0 Å². The van der Waals surface area contributed by atoms with Crippen LogP contribution >= 0.6 is 0 Å². The number of nitrogens with zero attached hydrogens (tertiary/aromatic N) is 4. The van der Waals surface area contributed by atoms with Crippen molar-refractivity contribution in [2.75, 3.05) is 6.54 Å². The molecule has 7 nitrogen and oxygen atoms in total. The first kappa shape index (κ1) is 14.2. The second-order valence-electron chi connectivity index (χ2n) is 5.08. The van der Waals surface area contributed by atoms with Crippen LogP contribution in [0.1, 0.15) is 17.0 Å². The van der Waals surface area contributed by atoms with E-state index in [1.165, 1.54) is 4.31 Å². The Kier molecular flexibility index (Phi) is 3.52. The Morgan fingerprint density at radius 3 is 2.86 bits per heavy atom. The van der Waals surface area contributed by atoms with Gasteiger partial charge in [0.25, 0.3) is 0 Å². The molecule has 0 radical (unpaired) electrons. The fourth-order valence-corrected chi connectivity index (χ4v) is 4.11. The lowest BCUT2D eigenvalue weighted by Gasteiger charge is -2.27. The molecule has 0 spiro atoms. The van der Waals surface area contributed by atoms with E-state index in [1.807, 2.05) is 10.6 Å². The van der Waals surface area contributed by atoms with Crippen molar-refractivity contribution >= 4 is 10.0 Å². The first-order valence-electron chi connectivity index (χ1n) is 6.69. The molecule has 1 aliphatic heterocycles. The number of benzene rings is 1. The number of aromatic nitrogens is 3. The van der Waals surface area contributed by atoms with Crippen molar-refractivity contribution in [2.45, 2.75) is 31.5 Å². The van der Waals surface area contributed by atoms with Gasteiger partial charge >= 0.3 is 0 Å². The van der Waals surface area contributed by atoms with E-state index < -0.39 is 10.0 Å². The maximum Gasteiger partial charge on any atom is 0.243 e. The monoisotopic (exact) mass is 307 g/mol. The van der Waals surface area contributed by atoms with Crippen LogP contribution in [-0.4, -0.2) is 34.0 Å². The van der Waals surface area contributed by atoms with Crippen LogP contribution in [0.25, 0.3) is 0 Å². The molecular formula is C13H17N5O2S. The summed E-state index contributed by atoms with van der Waals surface area (Å²) in [7, 11) is -3.53. The molecule has 21 heavy (non-hydrogen) atoms. The summed E-state index contributed by atoms with van der Waals surface area (Å²) in [6.45, 7) is 3.43. The van der Waals surface area contributed by atoms with Crippen LogP contribution in [0.4, 0.5) is 0 Å². The Labute approximate surface area is 123 Å². The molecule has 2 heterocycles. The molecule has 0 saturated heterocycles. The van der Waals surface area contributed by atoms with Gasteiger partial charge in [-0.3, -0.25) is 0 Å². The summed E-state index contributed by atoms with van der Waals surface area (Å²) in [5.74, 6) is 0.668. The highest BCUT2D eigenvalue weighted by molar-refractivity contribution is 7.89. The Balaban J connectivity index is 1.95. The largest absolute Gasteiger partial charge is 0.326 e. The van der Waals surface area contributed by atoms with E-state index in [-0.39, 0.29) is 6.54 Å². The van der Waals surface area contributed by atoms with Crippen molar-refractivity contribution in [3.63, 3.8) is 0 Å². The Morgan fingerprint density at radius 2 is 2.14 bits per heavy atom. The predicted octanol–water partition coefficient (Wildman–Crippen LogP) is 0.250. The van der Waals surface area contributed by atoms with Crippen LogP contribution in [-0.2, 0) is 29.7 Å². The predicted molar refractivity (Wildman–Crippen MR) is 76.7 cm³/mol. The number of sulfonamides is 1. The van der Waals surface area contributed by atoms with Crippen molar-refractivity contribution in [2.24, 2.45) is 5.73 Å². The zero-order valence-electron chi connectivity index (χ0n) is 11.7. The first-order chi connectivity index (χ1) is 10.0. The lowest BCUT2D eigenvalue weighted by Crippen LogP contribution is -2.38. The summed E-state index contributed by atoms with van der Waals surface area (Å²) in [6, 6.07) is 5.21. The van der Waals surface area contributed by atoms with Crippen LogP contribution < -0.4 is 5.73 Å². The maximum atomic E-state index is 12.8. The van der Waals surface area contributed by atoms with Gasteiger partial charge in [0.2, 0.25) is 10.0 Å². The Morgan fingerprint density at radius 1 is 1.33 bits per heavy atom. The average Bonchev–Trinajstić information content (AvgIpc) is 2.94. The van der Waals surface area contributed by atoms with Crippen molar-refractivity contribution < 1.29 is 8.42 Å². The van der Waals surface area contributed by atoms with Gasteiger partial charge in [0.05, 0.1) is 11.4 Å².